The van der Waals surface area contributed by atoms with Crippen molar-refractivity contribution in [1.82, 2.24) is 5.32 Å². The van der Waals surface area contributed by atoms with E-state index >= 15 is 0 Å². The number of benzene rings is 3. The number of hydrogen-bond donors (Lipinski definition) is 1. The van der Waals surface area contributed by atoms with Crippen molar-refractivity contribution in [2.24, 2.45) is 0 Å². The van der Waals surface area contributed by atoms with Crippen LogP contribution in [0.4, 0.5) is 0 Å². The van der Waals surface area contributed by atoms with Crippen LogP contribution in [0.15, 0.2) is 72.8 Å². The lowest BCUT2D eigenvalue weighted by atomic mass is 10.0. The van der Waals surface area contributed by atoms with Gasteiger partial charge in [0.15, 0.2) is 6.61 Å². The summed E-state index contributed by atoms with van der Waals surface area (Å²) in [5, 5.41) is 2.52. The van der Waals surface area contributed by atoms with Crippen LogP contribution in [-0.4, -0.2) is 30.8 Å². The lowest BCUT2D eigenvalue weighted by Gasteiger charge is -2.09. The minimum atomic E-state index is -0.664. The Hall–Kier alpha value is -3.73. The second kappa shape index (κ2) is 9.65. The van der Waals surface area contributed by atoms with Gasteiger partial charge in [0.2, 0.25) is 5.78 Å². The molecule has 0 unspecified atom stereocenters. The Morgan fingerprint density at radius 1 is 0.833 bits per heavy atom. The zero-order valence-electron chi connectivity index (χ0n) is 17.0. The molecule has 0 aliphatic heterocycles. The highest BCUT2D eigenvalue weighted by atomic mass is 16.5. The first-order valence-electron chi connectivity index (χ1n) is 9.64. The van der Waals surface area contributed by atoms with Crippen molar-refractivity contribution in [3.63, 3.8) is 0 Å². The lowest BCUT2D eigenvalue weighted by molar-refractivity contribution is -0.141. The van der Waals surface area contributed by atoms with Gasteiger partial charge in [-0.05, 0) is 42.7 Å². The molecule has 30 heavy (non-hydrogen) atoms. The Balaban J connectivity index is 1.48. The molecular formula is C25H23NO4. The van der Waals surface area contributed by atoms with Crippen molar-refractivity contribution >= 4 is 17.7 Å². The predicted molar refractivity (Wildman–Crippen MR) is 115 cm³/mol. The van der Waals surface area contributed by atoms with Gasteiger partial charge in [0.25, 0.3) is 5.91 Å². The number of aryl methyl sites for hydroxylation is 2. The molecule has 5 nitrogen and oxygen atoms in total. The van der Waals surface area contributed by atoms with E-state index in [1.54, 1.807) is 18.2 Å². The van der Waals surface area contributed by atoms with E-state index in [4.69, 9.17) is 4.74 Å². The Kier molecular flexibility index (Phi) is 6.75. The zero-order chi connectivity index (χ0) is 21.5. The van der Waals surface area contributed by atoms with Gasteiger partial charge < -0.3 is 10.1 Å². The number of rotatable bonds is 7. The molecule has 5 heteroatoms. The standard InChI is InChI=1S/C25H23NO4/c1-17-8-13-22(18(2)14-17)23(27)16-30-24(28)15-26-25(29)21-11-9-20(10-12-21)19-6-4-3-5-7-19/h3-14H,15-16H2,1-2H3,(H,26,29). The number of esters is 1. The lowest BCUT2D eigenvalue weighted by Crippen LogP contribution is -2.31. The first kappa shape index (κ1) is 21.0. The van der Waals surface area contributed by atoms with E-state index in [2.05, 4.69) is 5.32 Å². The number of hydrogen-bond acceptors (Lipinski definition) is 4. The number of amides is 1. The molecule has 0 saturated heterocycles. The van der Waals surface area contributed by atoms with Crippen LogP contribution in [0, 0.1) is 13.8 Å². The van der Waals surface area contributed by atoms with Crippen LogP contribution in [0.2, 0.25) is 0 Å². The minimum Gasteiger partial charge on any atom is -0.456 e. The molecule has 3 aromatic carbocycles. The number of Topliss-reactive ketones (excluding diaryl/α,β-unsaturated/α-hetero) is 1. The molecule has 0 heterocycles. The Morgan fingerprint density at radius 2 is 1.50 bits per heavy atom. The van der Waals surface area contributed by atoms with Crippen molar-refractivity contribution in [3.05, 3.63) is 95.1 Å². The molecule has 0 atom stereocenters. The molecule has 152 valence electrons. The van der Waals surface area contributed by atoms with Crippen LogP contribution in [0.1, 0.15) is 31.8 Å². The van der Waals surface area contributed by atoms with Gasteiger partial charge in [-0.2, -0.15) is 0 Å². The van der Waals surface area contributed by atoms with E-state index in [1.165, 1.54) is 0 Å². The van der Waals surface area contributed by atoms with Gasteiger partial charge in [-0.3, -0.25) is 14.4 Å². The summed E-state index contributed by atoms with van der Waals surface area (Å²) in [6.07, 6.45) is 0. The van der Waals surface area contributed by atoms with E-state index in [-0.39, 0.29) is 24.8 Å². The Labute approximate surface area is 175 Å². The number of carbonyl (C=O) groups excluding carboxylic acids is 3. The monoisotopic (exact) mass is 401 g/mol. The quantitative estimate of drug-likeness (QED) is 0.477. The fourth-order valence-corrected chi connectivity index (χ4v) is 3.10. The molecule has 0 bridgehead atoms. The highest BCUT2D eigenvalue weighted by molar-refractivity contribution is 6.00. The molecular weight excluding hydrogens is 378 g/mol. The predicted octanol–water partition coefficient (Wildman–Crippen LogP) is 4.13. The van der Waals surface area contributed by atoms with Crippen LogP contribution in [0.3, 0.4) is 0 Å². The van der Waals surface area contributed by atoms with Crippen LogP contribution >= 0.6 is 0 Å². The van der Waals surface area contributed by atoms with Crippen LogP contribution in [0.25, 0.3) is 11.1 Å². The van der Waals surface area contributed by atoms with Crippen molar-refractivity contribution in [3.8, 4) is 11.1 Å². The summed E-state index contributed by atoms with van der Waals surface area (Å²) in [7, 11) is 0. The molecule has 3 aromatic rings. The zero-order valence-corrected chi connectivity index (χ0v) is 17.0. The molecule has 0 aromatic heterocycles. The summed E-state index contributed by atoms with van der Waals surface area (Å²) in [6, 6.07) is 22.4. The summed E-state index contributed by atoms with van der Waals surface area (Å²) in [5.41, 5.74) is 4.91. The Bertz CT molecular complexity index is 1060. The van der Waals surface area contributed by atoms with Crippen LogP contribution in [-0.2, 0) is 9.53 Å². The SMILES string of the molecule is Cc1ccc(C(=O)COC(=O)CNC(=O)c2ccc(-c3ccccc3)cc2)c(C)c1. The molecule has 1 amide bonds. The molecule has 1 N–H and O–H groups in total. The fraction of sp³-hybridized carbons (Fsp3) is 0.160. The third kappa shape index (κ3) is 5.41. The first-order chi connectivity index (χ1) is 14.4. The molecule has 0 aliphatic rings. The Morgan fingerprint density at radius 3 is 2.17 bits per heavy atom. The maximum atomic E-state index is 12.2. The van der Waals surface area contributed by atoms with E-state index in [9.17, 15) is 14.4 Å². The third-order valence-corrected chi connectivity index (χ3v) is 4.69. The highest BCUT2D eigenvalue weighted by Crippen LogP contribution is 2.19. The van der Waals surface area contributed by atoms with Gasteiger partial charge in [-0.15, -0.1) is 0 Å². The summed E-state index contributed by atoms with van der Waals surface area (Å²) >= 11 is 0. The van der Waals surface area contributed by atoms with E-state index in [1.807, 2.05) is 68.4 Å². The first-order valence-corrected chi connectivity index (χ1v) is 9.64. The fourth-order valence-electron chi connectivity index (χ4n) is 3.10. The summed E-state index contributed by atoms with van der Waals surface area (Å²) < 4.78 is 5.00. The van der Waals surface area contributed by atoms with Gasteiger partial charge in [-0.25, -0.2) is 0 Å². The summed E-state index contributed by atoms with van der Waals surface area (Å²) in [5.74, 6) is -1.32. The summed E-state index contributed by atoms with van der Waals surface area (Å²) in [6.45, 7) is 3.12. The largest absolute Gasteiger partial charge is 0.456 e. The van der Waals surface area contributed by atoms with Gasteiger partial charge >= 0.3 is 5.97 Å². The van der Waals surface area contributed by atoms with Crippen molar-refractivity contribution in [2.45, 2.75) is 13.8 Å². The molecule has 0 aliphatic carbocycles. The van der Waals surface area contributed by atoms with Gasteiger partial charge in [0, 0.05) is 11.1 Å². The molecule has 0 radical (unpaired) electrons. The topological polar surface area (TPSA) is 72.5 Å². The number of nitrogens with one attached hydrogen (secondary N) is 1. The van der Waals surface area contributed by atoms with Crippen LogP contribution in [0.5, 0.6) is 0 Å². The van der Waals surface area contributed by atoms with Crippen molar-refractivity contribution < 1.29 is 19.1 Å². The third-order valence-electron chi connectivity index (χ3n) is 4.69. The molecule has 0 saturated carbocycles. The van der Waals surface area contributed by atoms with E-state index in [0.29, 0.717) is 11.1 Å². The molecule has 3 rings (SSSR count). The van der Waals surface area contributed by atoms with Crippen molar-refractivity contribution in [1.29, 1.82) is 0 Å². The van der Waals surface area contributed by atoms with Gasteiger partial charge in [-0.1, -0.05) is 66.2 Å². The average Bonchev–Trinajstić information content (AvgIpc) is 2.76. The highest BCUT2D eigenvalue weighted by Gasteiger charge is 2.14. The molecule has 0 spiro atoms. The maximum Gasteiger partial charge on any atom is 0.325 e. The van der Waals surface area contributed by atoms with E-state index < -0.39 is 5.97 Å². The number of ketones is 1. The normalized spacial score (nSPS) is 10.3. The average molecular weight is 401 g/mol. The van der Waals surface area contributed by atoms with Gasteiger partial charge in [0.1, 0.15) is 6.54 Å². The second-order valence-electron chi connectivity index (χ2n) is 7.03. The summed E-state index contributed by atoms with van der Waals surface area (Å²) in [4.78, 5) is 36.4. The van der Waals surface area contributed by atoms with Crippen LogP contribution < -0.4 is 5.32 Å². The maximum absolute atomic E-state index is 12.2. The number of ether oxygens (including phenoxy) is 1. The van der Waals surface area contributed by atoms with Crippen molar-refractivity contribution in [2.75, 3.05) is 13.2 Å². The van der Waals surface area contributed by atoms with E-state index in [0.717, 1.165) is 22.3 Å². The second-order valence-corrected chi connectivity index (χ2v) is 7.03. The smallest absolute Gasteiger partial charge is 0.325 e. The molecule has 0 fully saturated rings. The van der Waals surface area contributed by atoms with Gasteiger partial charge in [0.05, 0.1) is 0 Å². The number of carbonyl (C=O) groups is 3. The minimum absolute atomic E-state index is 0.274.